The van der Waals surface area contributed by atoms with E-state index >= 15 is 0 Å². The van der Waals surface area contributed by atoms with Crippen molar-refractivity contribution in [2.24, 2.45) is 0 Å². The lowest BCUT2D eigenvalue weighted by Gasteiger charge is -2.14. The summed E-state index contributed by atoms with van der Waals surface area (Å²) in [6.45, 7) is 0.242. The molecule has 9 heteroatoms. The lowest BCUT2D eigenvalue weighted by Crippen LogP contribution is -2.27. The van der Waals surface area contributed by atoms with Gasteiger partial charge in [0.15, 0.2) is 18.1 Å². The van der Waals surface area contributed by atoms with Crippen LogP contribution in [0.2, 0.25) is 0 Å². The topological polar surface area (TPSA) is 107 Å². The highest BCUT2D eigenvalue weighted by Gasteiger charge is 2.12. The maximum absolute atomic E-state index is 12.2. The number of carbonyl (C=O) groups is 2. The van der Waals surface area contributed by atoms with Gasteiger partial charge in [-0.1, -0.05) is 24.3 Å². The number of amides is 2. The molecule has 0 bridgehead atoms. The Labute approximate surface area is 186 Å². The van der Waals surface area contributed by atoms with Crippen LogP contribution >= 0.6 is 0 Å². The van der Waals surface area contributed by atoms with E-state index in [1.807, 2.05) is 36.4 Å². The summed E-state index contributed by atoms with van der Waals surface area (Å²) < 4.78 is 16.5. The van der Waals surface area contributed by atoms with Crippen molar-refractivity contribution in [3.63, 3.8) is 0 Å². The SMILES string of the molecule is COc1cc(CNC(=O)CCc2nnc(-c3ccccc3)o2)ccc1OCC(=O)N(C)C. The highest BCUT2D eigenvalue weighted by molar-refractivity contribution is 5.77. The van der Waals surface area contributed by atoms with Gasteiger partial charge in [-0.2, -0.15) is 0 Å². The molecule has 1 heterocycles. The van der Waals surface area contributed by atoms with Crippen LogP contribution in [-0.2, 0) is 22.6 Å². The summed E-state index contributed by atoms with van der Waals surface area (Å²) in [5, 5.41) is 10.9. The number of hydrogen-bond donors (Lipinski definition) is 1. The minimum atomic E-state index is -0.152. The van der Waals surface area contributed by atoms with Crippen LogP contribution in [0, 0.1) is 0 Å². The van der Waals surface area contributed by atoms with Crippen molar-refractivity contribution in [2.75, 3.05) is 27.8 Å². The summed E-state index contributed by atoms with van der Waals surface area (Å²) in [6, 6.07) is 14.7. The number of nitrogens with one attached hydrogen (secondary N) is 1. The maximum atomic E-state index is 12.2. The Kier molecular flexibility index (Phi) is 7.80. The number of methoxy groups -OCH3 is 1. The molecule has 0 spiro atoms. The van der Waals surface area contributed by atoms with Crippen molar-refractivity contribution in [3.05, 3.63) is 60.0 Å². The van der Waals surface area contributed by atoms with Crippen molar-refractivity contribution >= 4 is 11.8 Å². The third kappa shape index (κ3) is 6.31. The second-order valence-corrected chi connectivity index (χ2v) is 7.21. The Morgan fingerprint density at radius 2 is 1.84 bits per heavy atom. The molecule has 0 fully saturated rings. The third-order valence-corrected chi connectivity index (χ3v) is 4.62. The smallest absolute Gasteiger partial charge is 0.259 e. The highest BCUT2D eigenvalue weighted by atomic mass is 16.5. The largest absolute Gasteiger partial charge is 0.493 e. The fourth-order valence-corrected chi connectivity index (χ4v) is 2.77. The number of nitrogens with zero attached hydrogens (tertiary/aromatic N) is 3. The molecular weight excluding hydrogens is 412 g/mol. The lowest BCUT2D eigenvalue weighted by molar-refractivity contribution is -0.130. The number of carbonyl (C=O) groups excluding carboxylic acids is 2. The zero-order valence-electron chi connectivity index (χ0n) is 18.3. The van der Waals surface area contributed by atoms with Gasteiger partial charge in [0, 0.05) is 39.0 Å². The average Bonchev–Trinajstić information content (AvgIpc) is 3.29. The number of hydrogen-bond acceptors (Lipinski definition) is 7. The van der Waals surface area contributed by atoms with Gasteiger partial charge < -0.3 is 24.1 Å². The molecule has 1 N–H and O–H groups in total. The van der Waals surface area contributed by atoms with E-state index in [0.29, 0.717) is 36.2 Å². The molecule has 0 aliphatic heterocycles. The predicted molar refractivity (Wildman–Crippen MR) is 117 cm³/mol. The summed E-state index contributed by atoms with van der Waals surface area (Å²) in [4.78, 5) is 25.4. The van der Waals surface area contributed by atoms with E-state index in [1.54, 1.807) is 26.2 Å². The van der Waals surface area contributed by atoms with Gasteiger partial charge in [-0.3, -0.25) is 9.59 Å². The van der Waals surface area contributed by atoms with E-state index in [4.69, 9.17) is 13.9 Å². The number of aromatic nitrogens is 2. The van der Waals surface area contributed by atoms with Gasteiger partial charge in [-0.15, -0.1) is 10.2 Å². The molecule has 3 rings (SSSR count). The van der Waals surface area contributed by atoms with Gasteiger partial charge in [-0.05, 0) is 29.8 Å². The Hall–Kier alpha value is -3.88. The van der Waals surface area contributed by atoms with Gasteiger partial charge in [0.1, 0.15) is 0 Å². The van der Waals surface area contributed by atoms with Crippen LogP contribution in [0.3, 0.4) is 0 Å². The standard InChI is InChI=1S/C23H26N4O5/c1-27(2)22(29)15-31-18-10-9-16(13-19(18)30-3)14-24-20(28)11-12-21-25-26-23(32-21)17-7-5-4-6-8-17/h4-10,13H,11-12,14-15H2,1-3H3,(H,24,28). The van der Waals surface area contributed by atoms with E-state index in [0.717, 1.165) is 11.1 Å². The van der Waals surface area contributed by atoms with E-state index in [-0.39, 0.29) is 24.8 Å². The summed E-state index contributed by atoms with van der Waals surface area (Å²) >= 11 is 0. The zero-order chi connectivity index (χ0) is 22.9. The number of rotatable bonds is 10. The van der Waals surface area contributed by atoms with E-state index in [2.05, 4.69) is 15.5 Å². The first-order valence-electron chi connectivity index (χ1n) is 10.1. The van der Waals surface area contributed by atoms with Crippen molar-refractivity contribution in [3.8, 4) is 23.0 Å². The Balaban J connectivity index is 1.48. The molecule has 0 aliphatic rings. The molecule has 0 radical (unpaired) electrons. The molecule has 9 nitrogen and oxygen atoms in total. The minimum Gasteiger partial charge on any atom is -0.493 e. The quantitative estimate of drug-likeness (QED) is 0.518. The molecule has 2 aromatic carbocycles. The van der Waals surface area contributed by atoms with E-state index in [9.17, 15) is 9.59 Å². The van der Waals surface area contributed by atoms with Crippen LogP contribution in [0.4, 0.5) is 0 Å². The molecule has 2 amide bonds. The van der Waals surface area contributed by atoms with Crippen LogP contribution in [0.1, 0.15) is 17.9 Å². The zero-order valence-corrected chi connectivity index (χ0v) is 18.3. The molecule has 32 heavy (non-hydrogen) atoms. The first-order chi connectivity index (χ1) is 15.5. The fourth-order valence-electron chi connectivity index (χ4n) is 2.77. The summed E-state index contributed by atoms with van der Waals surface area (Å²) in [7, 11) is 4.84. The van der Waals surface area contributed by atoms with E-state index in [1.165, 1.54) is 12.0 Å². The lowest BCUT2D eigenvalue weighted by atomic mass is 10.2. The molecule has 168 valence electrons. The molecule has 3 aromatic rings. The number of benzene rings is 2. The molecule has 0 unspecified atom stereocenters. The second kappa shape index (κ2) is 10.9. The van der Waals surface area contributed by atoms with Gasteiger partial charge in [0.25, 0.3) is 5.91 Å². The average molecular weight is 438 g/mol. The van der Waals surface area contributed by atoms with Crippen molar-refractivity contribution < 1.29 is 23.5 Å². The van der Waals surface area contributed by atoms with Crippen LogP contribution in [0.15, 0.2) is 52.9 Å². The monoisotopic (exact) mass is 438 g/mol. The van der Waals surface area contributed by atoms with Gasteiger partial charge in [-0.25, -0.2) is 0 Å². The summed E-state index contributed by atoms with van der Waals surface area (Å²) in [6.07, 6.45) is 0.572. The number of aryl methyl sites for hydroxylation is 1. The third-order valence-electron chi connectivity index (χ3n) is 4.62. The maximum Gasteiger partial charge on any atom is 0.259 e. The Morgan fingerprint density at radius 1 is 1.06 bits per heavy atom. The van der Waals surface area contributed by atoms with E-state index < -0.39 is 0 Å². The van der Waals surface area contributed by atoms with Crippen molar-refractivity contribution in [1.29, 1.82) is 0 Å². The fraction of sp³-hybridized carbons (Fsp3) is 0.304. The van der Waals surface area contributed by atoms with Crippen LogP contribution in [0.25, 0.3) is 11.5 Å². The number of ether oxygens (including phenoxy) is 2. The molecule has 0 aliphatic carbocycles. The Morgan fingerprint density at radius 3 is 2.56 bits per heavy atom. The van der Waals surface area contributed by atoms with Crippen molar-refractivity contribution in [2.45, 2.75) is 19.4 Å². The normalized spacial score (nSPS) is 10.5. The van der Waals surface area contributed by atoms with Gasteiger partial charge in [0.2, 0.25) is 17.7 Å². The second-order valence-electron chi connectivity index (χ2n) is 7.21. The molecule has 0 saturated heterocycles. The van der Waals surface area contributed by atoms with Crippen LogP contribution in [0.5, 0.6) is 11.5 Å². The summed E-state index contributed by atoms with van der Waals surface area (Å²) in [5.74, 6) is 1.50. The van der Waals surface area contributed by atoms with Gasteiger partial charge >= 0.3 is 0 Å². The molecule has 1 aromatic heterocycles. The first-order valence-corrected chi connectivity index (χ1v) is 10.1. The highest BCUT2D eigenvalue weighted by Crippen LogP contribution is 2.28. The predicted octanol–water partition coefficient (Wildman–Crippen LogP) is 2.46. The first kappa shape index (κ1) is 22.8. The van der Waals surface area contributed by atoms with Crippen molar-refractivity contribution in [1.82, 2.24) is 20.4 Å². The van der Waals surface area contributed by atoms with Crippen LogP contribution < -0.4 is 14.8 Å². The molecule has 0 saturated carbocycles. The summed E-state index contributed by atoms with van der Waals surface area (Å²) in [5.41, 5.74) is 1.67. The molecular formula is C23H26N4O5. The Bertz CT molecular complexity index is 1050. The van der Waals surface area contributed by atoms with Gasteiger partial charge in [0.05, 0.1) is 7.11 Å². The minimum absolute atomic E-state index is 0.0822. The molecule has 0 atom stereocenters. The number of likely N-dealkylation sites (N-methyl/N-ethyl adjacent to an activating group) is 1. The van der Waals surface area contributed by atoms with Crippen LogP contribution in [-0.4, -0.2) is 54.7 Å².